The topological polar surface area (TPSA) is 96.8 Å². The fourth-order valence-electron chi connectivity index (χ4n) is 3.33. The second-order valence-corrected chi connectivity index (χ2v) is 6.20. The number of nitrogens with one attached hydrogen (secondary N) is 3. The first-order chi connectivity index (χ1) is 11.6. The van der Waals surface area contributed by atoms with Crippen molar-refractivity contribution in [2.45, 2.75) is 26.3 Å². The minimum absolute atomic E-state index is 0.0393. The van der Waals surface area contributed by atoms with E-state index < -0.39 is 0 Å². The van der Waals surface area contributed by atoms with E-state index in [2.05, 4.69) is 27.5 Å². The van der Waals surface area contributed by atoms with Gasteiger partial charge in [-0.3, -0.25) is 0 Å². The van der Waals surface area contributed by atoms with Gasteiger partial charge in [0.25, 0.3) is 0 Å². The predicted molar refractivity (Wildman–Crippen MR) is 92.6 cm³/mol. The first kappa shape index (κ1) is 16.1. The van der Waals surface area contributed by atoms with Gasteiger partial charge in [0, 0.05) is 42.6 Å². The molecular weight excluding hydrogens is 304 g/mol. The number of fused-ring (bicyclic) bond motifs is 1. The average Bonchev–Trinajstić information content (AvgIpc) is 3.21. The van der Waals surface area contributed by atoms with Crippen molar-refractivity contribution >= 4 is 22.8 Å². The maximum absolute atomic E-state index is 12.1. The van der Waals surface area contributed by atoms with Gasteiger partial charge < -0.3 is 20.5 Å². The van der Waals surface area contributed by atoms with Gasteiger partial charge in [0.2, 0.25) is 0 Å². The van der Waals surface area contributed by atoms with Gasteiger partial charge in [-0.1, -0.05) is 6.92 Å². The van der Waals surface area contributed by atoms with Crippen LogP contribution in [0.4, 0.5) is 10.5 Å². The van der Waals surface area contributed by atoms with Crippen molar-refractivity contribution < 1.29 is 4.79 Å². The van der Waals surface area contributed by atoms with Gasteiger partial charge in [0.05, 0.1) is 6.07 Å². The quantitative estimate of drug-likeness (QED) is 0.751. The number of aromatic amines is 1. The molecule has 2 amide bonds. The number of aryl methyl sites for hydroxylation is 1. The lowest BCUT2D eigenvalue weighted by Gasteiger charge is -2.21. The lowest BCUT2D eigenvalue weighted by Crippen LogP contribution is -2.39. The van der Waals surface area contributed by atoms with Crippen LogP contribution < -0.4 is 10.6 Å². The van der Waals surface area contributed by atoms with Crippen LogP contribution in [0.5, 0.6) is 0 Å². The average molecular weight is 326 g/mol. The number of pyridine rings is 1. The standard InChI is InChI=1S/C17H22N6O/c1-3-12-9-23(17(24)20-7-5-18)10-14(12)22-15-11(2)8-21-16-13(15)4-6-19-16/h4,6,8,12,14H,3,7,9-10H2,1-2H3,(H,20,24)(H2,19,21,22)/t12-,14+/m1/s1. The van der Waals surface area contributed by atoms with Crippen LogP contribution in [0.25, 0.3) is 11.0 Å². The Morgan fingerprint density at radius 2 is 2.38 bits per heavy atom. The molecule has 3 N–H and O–H groups in total. The summed E-state index contributed by atoms with van der Waals surface area (Å²) in [6.07, 6.45) is 4.73. The summed E-state index contributed by atoms with van der Waals surface area (Å²) in [7, 11) is 0. The number of nitriles is 1. The number of carbonyl (C=O) groups excluding carboxylic acids is 1. The highest BCUT2D eigenvalue weighted by Gasteiger charge is 2.34. The summed E-state index contributed by atoms with van der Waals surface area (Å²) in [5, 5.41) is 15.9. The van der Waals surface area contributed by atoms with Gasteiger partial charge >= 0.3 is 6.03 Å². The minimum Gasteiger partial charge on any atom is -0.379 e. The first-order valence-electron chi connectivity index (χ1n) is 8.23. The number of nitrogens with zero attached hydrogens (tertiary/aromatic N) is 3. The number of likely N-dealkylation sites (tertiary alicyclic amines) is 1. The number of urea groups is 1. The van der Waals surface area contributed by atoms with E-state index in [4.69, 9.17) is 5.26 Å². The second kappa shape index (κ2) is 6.79. The lowest BCUT2D eigenvalue weighted by atomic mass is 10.00. The summed E-state index contributed by atoms with van der Waals surface area (Å²) in [5.41, 5.74) is 3.02. The van der Waals surface area contributed by atoms with Gasteiger partial charge in [0.1, 0.15) is 12.2 Å². The van der Waals surface area contributed by atoms with Crippen LogP contribution in [0.3, 0.4) is 0 Å². The van der Waals surface area contributed by atoms with Crippen molar-refractivity contribution in [1.29, 1.82) is 5.26 Å². The molecule has 3 heterocycles. The van der Waals surface area contributed by atoms with Gasteiger partial charge in [-0.2, -0.15) is 5.26 Å². The molecule has 7 heteroatoms. The second-order valence-electron chi connectivity index (χ2n) is 6.20. The molecule has 24 heavy (non-hydrogen) atoms. The molecule has 1 fully saturated rings. The van der Waals surface area contributed by atoms with Crippen LogP contribution in [0.15, 0.2) is 18.5 Å². The molecule has 0 aromatic carbocycles. The Labute approximate surface area is 141 Å². The van der Waals surface area contributed by atoms with Crippen molar-refractivity contribution in [2.75, 3.05) is 25.0 Å². The molecule has 0 aliphatic carbocycles. The lowest BCUT2D eigenvalue weighted by molar-refractivity contribution is 0.208. The molecule has 0 bridgehead atoms. The van der Waals surface area contributed by atoms with Crippen LogP contribution in [-0.2, 0) is 0 Å². The third kappa shape index (κ3) is 3.00. The van der Waals surface area contributed by atoms with E-state index in [0.717, 1.165) is 28.7 Å². The molecule has 126 valence electrons. The zero-order chi connectivity index (χ0) is 17.1. The maximum atomic E-state index is 12.1. The van der Waals surface area contributed by atoms with E-state index >= 15 is 0 Å². The number of rotatable bonds is 4. The molecule has 0 saturated carbocycles. The molecule has 7 nitrogen and oxygen atoms in total. The molecular formula is C17H22N6O. The Morgan fingerprint density at radius 1 is 1.54 bits per heavy atom. The number of aromatic nitrogens is 2. The molecule has 2 atom stereocenters. The van der Waals surface area contributed by atoms with E-state index in [1.807, 2.05) is 31.5 Å². The SMILES string of the molecule is CC[C@@H]1CN(C(=O)NCC#N)C[C@@H]1Nc1c(C)cnc2[nH]ccc12. The predicted octanol–water partition coefficient (Wildman–Crippen LogP) is 2.23. The molecule has 0 radical (unpaired) electrons. The maximum Gasteiger partial charge on any atom is 0.318 e. The van der Waals surface area contributed by atoms with Gasteiger partial charge in [0.15, 0.2) is 0 Å². The Balaban J connectivity index is 1.78. The number of anilines is 1. The van der Waals surface area contributed by atoms with Crippen LogP contribution in [-0.4, -0.2) is 46.6 Å². The molecule has 0 spiro atoms. The highest BCUT2D eigenvalue weighted by Crippen LogP contribution is 2.29. The van der Waals surface area contributed by atoms with Crippen LogP contribution in [0.2, 0.25) is 0 Å². The normalized spacial score (nSPS) is 20.1. The van der Waals surface area contributed by atoms with Gasteiger partial charge in [-0.05, 0) is 30.9 Å². The fraction of sp³-hybridized carbons (Fsp3) is 0.471. The van der Waals surface area contributed by atoms with Crippen LogP contribution in [0.1, 0.15) is 18.9 Å². The number of hydrogen-bond acceptors (Lipinski definition) is 4. The zero-order valence-corrected chi connectivity index (χ0v) is 14.0. The Morgan fingerprint density at radius 3 is 3.12 bits per heavy atom. The Hall–Kier alpha value is -2.75. The van der Waals surface area contributed by atoms with Gasteiger partial charge in [-0.15, -0.1) is 0 Å². The molecule has 0 unspecified atom stereocenters. The van der Waals surface area contributed by atoms with Crippen LogP contribution >= 0.6 is 0 Å². The number of H-pyrrole nitrogens is 1. The first-order valence-corrected chi connectivity index (χ1v) is 8.23. The molecule has 1 saturated heterocycles. The van der Waals surface area contributed by atoms with Crippen molar-refractivity contribution in [1.82, 2.24) is 20.2 Å². The van der Waals surface area contributed by atoms with Crippen molar-refractivity contribution in [2.24, 2.45) is 5.92 Å². The summed E-state index contributed by atoms with van der Waals surface area (Å²) in [5.74, 6) is 0.374. The van der Waals surface area contributed by atoms with Crippen molar-refractivity contribution in [3.8, 4) is 6.07 Å². The van der Waals surface area contributed by atoms with Crippen molar-refractivity contribution in [3.63, 3.8) is 0 Å². The number of carbonyl (C=O) groups is 1. The summed E-state index contributed by atoms with van der Waals surface area (Å²) < 4.78 is 0. The monoisotopic (exact) mass is 326 g/mol. The summed E-state index contributed by atoms with van der Waals surface area (Å²) >= 11 is 0. The minimum atomic E-state index is -0.169. The van der Waals surface area contributed by atoms with Gasteiger partial charge in [-0.25, -0.2) is 9.78 Å². The Bertz CT molecular complexity index is 777. The molecule has 2 aromatic heterocycles. The third-order valence-corrected chi connectivity index (χ3v) is 4.68. The summed E-state index contributed by atoms with van der Waals surface area (Å²) in [6, 6.07) is 3.97. The van der Waals surface area contributed by atoms with E-state index in [0.29, 0.717) is 19.0 Å². The van der Waals surface area contributed by atoms with E-state index in [-0.39, 0.29) is 18.6 Å². The van der Waals surface area contributed by atoms with Crippen LogP contribution in [0, 0.1) is 24.2 Å². The Kier molecular flexibility index (Phi) is 4.56. The van der Waals surface area contributed by atoms with Crippen molar-refractivity contribution in [3.05, 3.63) is 24.0 Å². The highest BCUT2D eigenvalue weighted by atomic mass is 16.2. The molecule has 1 aliphatic rings. The number of amides is 2. The zero-order valence-electron chi connectivity index (χ0n) is 14.0. The fourth-order valence-corrected chi connectivity index (χ4v) is 3.33. The highest BCUT2D eigenvalue weighted by molar-refractivity contribution is 5.91. The smallest absolute Gasteiger partial charge is 0.318 e. The van der Waals surface area contributed by atoms with E-state index in [9.17, 15) is 4.79 Å². The molecule has 2 aromatic rings. The number of hydrogen-bond donors (Lipinski definition) is 3. The van der Waals surface area contributed by atoms with E-state index in [1.54, 1.807) is 4.90 Å². The summed E-state index contributed by atoms with van der Waals surface area (Å²) in [4.78, 5) is 21.4. The molecule has 3 rings (SSSR count). The summed E-state index contributed by atoms with van der Waals surface area (Å²) in [6.45, 7) is 5.54. The van der Waals surface area contributed by atoms with E-state index in [1.165, 1.54) is 0 Å². The largest absolute Gasteiger partial charge is 0.379 e. The third-order valence-electron chi connectivity index (χ3n) is 4.68. The molecule has 1 aliphatic heterocycles.